The number of aromatic nitrogens is 2. The number of hydrogen-bond donors (Lipinski definition) is 0. The molecule has 1 saturated heterocycles. The monoisotopic (exact) mass is 386 g/mol. The van der Waals surface area contributed by atoms with Crippen molar-refractivity contribution >= 4 is 17.3 Å². The number of nitrogens with zero attached hydrogens (tertiary/aromatic N) is 4. The number of rotatable bonds is 4. The first-order valence-corrected chi connectivity index (χ1v) is 9.36. The van der Waals surface area contributed by atoms with Gasteiger partial charge in [0.05, 0.1) is 6.54 Å². The molecule has 1 aliphatic heterocycles. The first-order valence-electron chi connectivity index (χ1n) is 8.99. The van der Waals surface area contributed by atoms with Crippen LogP contribution in [-0.2, 0) is 6.54 Å². The van der Waals surface area contributed by atoms with Crippen LogP contribution in [0, 0.1) is 5.82 Å². The van der Waals surface area contributed by atoms with Crippen molar-refractivity contribution in [3.63, 3.8) is 0 Å². The summed E-state index contributed by atoms with van der Waals surface area (Å²) in [6.45, 7) is 4.27. The van der Waals surface area contributed by atoms with E-state index in [4.69, 9.17) is 16.1 Å². The summed E-state index contributed by atoms with van der Waals surface area (Å²) in [6, 6.07) is 14.1. The van der Waals surface area contributed by atoms with Gasteiger partial charge >= 0.3 is 0 Å². The molecule has 0 unspecified atom stereocenters. The van der Waals surface area contributed by atoms with E-state index in [0.29, 0.717) is 23.3 Å². The third-order valence-corrected chi connectivity index (χ3v) is 4.93. The topological polar surface area (TPSA) is 45.4 Å². The summed E-state index contributed by atoms with van der Waals surface area (Å²) in [4.78, 5) is 9.09. The molecular weight excluding hydrogens is 367 g/mol. The van der Waals surface area contributed by atoms with Crippen molar-refractivity contribution in [3.8, 4) is 11.4 Å². The van der Waals surface area contributed by atoms with Crippen LogP contribution < -0.4 is 4.90 Å². The van der Waals surface area contributed by atoms with Gasteiger partial charge in [-0.2, -0.15) is 4.98 Å². The third-order valence-electron chi connectivity index (χ3n) is 4.69. The van der Waals surface area contributed by atoms with Crippen LogP contribution in [0.2, 0.25) is 5.02 Å². The highest BCUT2D eigenvalue weighted by molar-refractivity contribution is 6.30. The smallest absolute Gasteiger partial charge is 0.241 e. The van der Waals surface area contributed by atoms with E-state index in [2.05, 4.69) is 19.9 Å². The van der Waals surface area contributed by atoms with Crippen LogP contribution in [0.3, 0.4) is 0 Å². The van der Waals surface area contributed by atoms with E-state index in [1.807, 2.05) is 36.4 Å². The molecule has 1 fully saturated rings. The molecule has 7 heteroatoms. The van der Waals surface area contributed by atoms with Gasteiger partial charge in [0.25, 0.3) is 0 Å². The molecule has 1 aliphatic rings. The summed E-state index contributed by atoms with van der Waals surface area (Å²) in [5, 5.41) is 4.72. The predicted molar refractivity (Wildman–Crippen MR) is 103 cm³/mol. The zero-order chi connectivity index (χ0) is 18.6. The predicted octanol–water partition coefficient (Wildman–Crippen LogP) is 4.24. The summed E-state index contributed by atoms with van der Waals surface area (Å²) in [5.41, 5.74) is 1.90. The molecular formula is C20H20ClFN4O. The van der Waals surface area contributed by atoms with E-state index in [0.717, 1.165) is 43.9 Å². The number of benzene rings is 2. The van der Waals surface area contributed by atoms with Crippen LogP contribution in [-0.4, -0.2) is 41.2 Å². The Labute approximate surface area is 162 Å². The van der Waals surface area contributed by atoms with Gasteiger partial charge in [-0.05, 0) is 42.8 Å². The zero-order valence-corrected chi connectivity index (χ0v) is 15.6. The van der Waals surface area contributed by atoms with Gasteiger partial charge in [-0.25, -0.2) is 4.39 Å². The minimum Gasteiger partial charge on any atom is -0.370 e. The van der Waals surface area contributed by atoms with Crippen molar-refractivity contribution < 1.29 is 8.91 Å². The maximum Gasteiger partial charge on any atom is 0.241 e. The minimum absolute atomic E-state index is 0.206. The molecule has 0 amide bonds. The summed E-state index contributed by atoms with van der Waals surface area (Å²) >= 11 is 6.03. The highest BCUT2D eigenvalue weighted by Crippen LogP contribution is 2.21. The SMILES string of the molecule is Fc1ccc(N2CCCN(Cc3nc(-c4cccc(Cl)c4)no3)CC2)cc1. The minimum atomic E-state index is -0.206. The Balaban J connectivity index is 1.38. The quantitative estimate of drug-likeness (QED) is 0.671. The Morgan fingerprint density at radius 2 is 1.89 bits per heavy atom. The fraction of sp³-hybridized carbons (Fsp3) is 0.300. The van der Waals surface area contributed by atoms with E-state index in [1.165, 1.54) is 12.1 Å². The molecule has 27 heavy (non-hydrogen) atoms. The van der Waals surface area contributed by atoms with E-state index in [-0.39, 0.29) is 5.82 Å². The average Bonchev–Trinajstić information content (AvgIpc) is 3.01. The largest absolute Gasteiger partial charge is 0.370 e. The molecule has 2 heterocycles. The molecule has 0 N–H and O–H groups in total. The van der Waals surface area contributed by atoms with Gasteiger partial charge in [0.15, 0.2) is 0 Å². The standard InChI is InChI=1S/C20H20ClFN4O/c21-16-4-1-3-15(13-16)20-23-19(27-24-20)14-25-9-2-10-26(12-11-25)18-7-5-17(22)6-8-18/h1,3-8,13H,2,9-12,14H2. The fourth-order valence-electron chi connectivity index (χ4n) is 3.29. The Morgan fingerprint density at radius 3 is 2.70 bits per heavy atom. The van der Waals surface area contributed by atoms with E-state index in [9.17, 15) is 4.39 Å². The molecule has 5 nitrogen and oxygen atoms in total. The van der Waals surface area contributed by atoms with Crippen molar-refractivity contribution in [1.29, 1.82) is 0 Å². The Kier molecular flexibility index (Phi) is 5.36. The molecule has 0 atom stereocenters. The van der Waals surface area contributed by atoms with Crippen LogP contribution in [0.5, 0.6) is 0 Å². The van der Waals surface area contributed by atoms with Crippen LogP contribution in [0.1, 0.15) is 12.3 Å². The normalized spacial score (nSPS) is 15.7. The second-order valence-corrected chi connectivity index (χ2v) is 7.05. The zero-order valence-electron chi connectivity index (χ0n) is 14.8. The maximum absolute atomic E-state index is 13.1. The summed E-state index contributed by atoms with van der Waals surface area (Å²) in [6.07, 6.45) is 1.02. The van der Waals surface area contributed by atoms with Crippen LogP contribution >= 0.6 is 11.6 Å². The lowest BCUT2D eigenvalue weighted by molar-refractivity contribution is 0.239. The molecule has 0 aliphatic carbocycles. The van der Waals surface area contributed by atoms with Crippen LogP contribution in [0.4, 0.5) is 10.1 Å². The Bertz CT molecular complexity index is 899. The lowest BCUT2D eigenvalue weighted by atomic mass is 10.2. The molecule has 0 radical (unpaired) electrons. The lowest BCUT2D eigenvalue weighted by Gasteiger charge is -2.23. The van der Waals surface area contributed by atoms with Gasteiger partial charge in [0, 0.05) is 42.5 Å². The second kappa shape index (κ2) is 8.06. The van der Waals surface area contributed by atoms with Crippen molar-refractivity contribution in [2.24, 2.45) is 0 Å². The molecule has 2 aromatic carbocycles. The average molecular weight is 387 g/mol. The molecule has 3 aromatic rings. The van der Waals surface area contributed by atoms with Gasteiger partial charge in [0.1, 0.15) is 5.82 Å². The highest BCUT2D eigenvalue weighted by atomic mass is 35.5. The molecule has 0 spiro atoms. The maximum atomic E-state index is 13.1. The van der Waals surface area contributed by atoms with Crippen LogP contribution in [0.15, 0.2) is 53.1 Å². The van der Waals surface area contributed by atoms with Crippen molar-refractivity contribution in [2.75, 3.05) is 31.1 Å². The van der Waals surface area contributed by atoms with Crippen molar-refractivity contribution in [3.05, 3.63) is 65.3 Å². The van der Waals surface area contributed by atoms with Gasteiger partial charge < -0.3 is 9.42 Å². The second-order valence-electron chi connectivity index (χ2n) is 6.62. The summed E-state index contributed by atoms with van der Waals surface area (Å²) in [5.74, 6) is 0.942. The van der Waals surface area contributed by atoms with Gasteiger partial charge in [-0.3, -0.25) is 4.90 Å². The van der Waals surface area contributed by atoms with Gasteiger partial charge in [0.2, 0.25) is 11.7 Å². The fourth-order valence-corrected chi connectivity index (χ4v) is 3.48. The first-order chi connectivity index (χ1) is 13.2. The van der Waals surface area contributed by atoms with Crippen molar-refractivity contribution in [1.82, 2.24) is 15.0 Å². The van der Waals surface area contributed by atoms with Crippen molar-refractivity contribution in [2.45, 2.75) is 13.0 Å². The van der Waals surface area contributed by atoms with Gasteiger partial charge in [-0.15, -0.1) is 0 Å². The lowest BCUT2D eigenvalue weighted by Crippen LogP contribution is -2.30. The molecule has 4 rings (SSSR count). The number of hydrogen-bond acceptors (Lipinski definition) is 5. The Morgan fingerprint density at radius 1 is 1.04 bits per heavy atom. The molecule has 140 valence electrons. The van der Waals surface area contributed by atoms with Gasteiger partial charge in [-0.1, -0.05) is 28.9 Å². The Hall–Kier alpha value is -2.44. The molecule has 0 saturated carbocycles. The molecule has 1 aromatic heterocycles. The number of anilines is 1. The summed E-state index contributed by atoms with van der Waals surface area (Å²) < 4.78 is 18.6. The third kappa shape index (κ3) is 4.46. The van der Waals surface area contributed by atoms with E-state index in [1.54, 1.807) is 0 Å². The van der Waals surface area contributed by atoms with E-state index >= 15 is 0 Å². The van der Waals surface area contributed by atoms with Crippen LogP contribution in [0.25, 0.3) is 11.4 Å². The highest BCUT2D eigenvalue weighted by Gasteiger charge is 2.18. The summed E-state index contributed by atoms with van der Waals surface area (Å²) in [7, 11) is 0. The molecule has 0 bridgehead atoms. The first kappa shape index (κ1) is 17.9. The number of halogens is 2. The van der Waals surface area contributed by atoms with E-state index < -0.39 is 0 Å².